The summed E-state index contributed by atoms with van der Waals surface area (Å²) >= 11 is 0. The van der Waals surface area contributed by atoms with Gasteiger partial charge in [-0.15, -0.1) is 0 Å². The zero-order valence-electron chi connectivity index (χ0n) is 44.3. The minimum atomic E-state index is -5.20. The fraction of sp³-hybridized carbons (Fsp3) is 0.554. The third-order valence-electron chi connectivity index (χ3n) is 13.4. The summed E-state index contributed by atoms with van der Waals surface area (Å²) in [5.74, 6) is 0.182. The Kier molecular flexibility index (Phi) is 25.5. The monoisotopic (exact) mass is 1090 g/mol. The molecule has 3 saturated heterocycles. The summed E-state index contributed by atoms with van der Waals surface area (Å²) < 4.78 is 113. The maximum absolute atomic E-state index is 13.3. The minimum Gasteiger partial charge on any atom is -0.726 e. The average Bonchev–Trinajstić information content (AvgIpc) is 3.44. The maximum Gasteiger partial charge on any atom is 1.00 e. The predicted octanol–water partition coefficient (Wildman–Crippen LogP) is 4.08. The molecule has 1 amide bonds. The molecule has 18 nitrogen and oxygen atoms in total. The number of hydrogen-bond donors (Lipinski definition) is 2. The van der Waals surface area contributed by atoms with Crippen molar-refractivity contribution in [3.8, 4) is 5.75 Å². The van der Waals surface area contributed by atoms with Gasteiger partial charge in [0, 0.05) is 19.1 Å². The van der Waals surface area contributed by atoms with Crippen LogP contribution < -0.4 is 39.6 Å². The summed E-state index contributed by atoms with van der Waals surface area (Å²) in [6.07, 6.45) is -4.11. The summed E-state index contributed by atoms with van der Waals surface area (Å²) in [5, 5.41) is 14.2. The van der Waals surface area contributed by atoms with Crippen LogP contribution in [0, 0.1) is 5.41 Å². The van der Waals surface area contributed by atoms with E-state index in [2.05, 4.69) is 12.2 Å². The van der Waals surface area contributed by atoms with Crippen LogP contribution in [-0.4, -0.2) is 132 Å². The molecule has 7 rings (SSSR count). The molecule has 412 valence electrons. The van der Waals surface area contributed by atoms with E-state index in [1.54, 1.807) is 31.4 Å². The Morgan fingerprint density at radius 3 is 1.78 bits per heavy atom. The van der Waals surface area contributed by atoms with E-state index in [0.29, 0.717) is 17.7 Å². The molecule has 0 aliphatic carbocycles. The summed E-state index contributed by atoms with van der Waals surface area (Å²) in [7, 11) is -3.65. The molecule has 20 heteroatoms. The van der Waals surface area contributed by atoms with E-state index < -0.39 is 103 Å². The van der Waals surface area contributed by atoms with Crippen molar-refractivity contribution in [3.05, 3.63) is 138 Å². The molecule has 10 atom stereocenters. The van der Waals surface area contributed by atoms with Gasteiger partial charge in [-0.25, -0.2) is 8.42 Å². The summed E-state index contributed by atoms with van der Waals surface area (Å²) in [4.78, 5) is 13.3. The molecule has 0 saturated carbocycles. The van der Waals surface area contributed by atoms with Gasteiger partial charge in [0.2, 0.25) is 16.3 Å². The van der Waals surface area contributed by atoms with E-state index in [9.17, 15) is 22.9 Å². The second-order valence-corrected chi connectivity index (χ2v) is 20.4. The normalized spacial score (nSPS) is 27.8. The van der Waals surface area contributed by atoms with Crippen LogP contribution in [0.2, 0.25) is 0 Å². The molecular weight excluding hydrogens is 1010 g/mol. The van der Waals surface area contributed by atoms with E-state index in [4.69, 9.17) is 56.3 Å². The van der Waals surface area contributed by atoms with Gasteiger partial charge in [-0.05, 0) is 42.2 Å². The van der Waals surface area contributed by atoms with E-state index in [1.165, 1.54) is 6.92 Å². The van der Waals surface area contributed by atoms with Gasteiger partial charge in [0.15, 0.2) is 18.9 Å². The van der Waals surface area contributed by atoms with E-state index in [-0.39, 0.29) is 75.8 Å². The summed E-state index contributed by atoms with van der Waals surface area (Å²) in [6.45, 7) is 4.16. The van der Waals surface area contributed by atoms with Gasteiger partial charge < -0.3 is 67.1 Å². The van der Waals surface area contributed by atoms with Crippen molar-refractivity contribution in [1.82, 2.24) is 5.32 Å². The zero-order chi connectivity index (χ0) is 53.0. The van der Waals surface area contributed by atoms with Crippen LogP contribution in [-0.2, 0) is 86.6 Å². The third-order valence-corrected chi connectivity index (χ3v) is 13.8. The molecule has 3 aliphatic heterocycles. The van der Waals surface area contributed by atoms with Crippen LogP contribution in [0.15, 0.2) is 115 Å². The molecule has 2 N–H and O–H groups in total. The fourth-order valence-electron chi connectivity index (χ4n) is 9.39. The van der Waals surface area contributed by atoms with Crippen LogP contribution in [0.5, 0.6) is 5.75 Å². The number of aliphatic hydroxyl groups is 1. The number of unbranched alkanes of at least 4 members (excludes halogenated alkanes) is 5. The molecule has 76 heavy (non-hydrogen) atoms. The van der Waals surface area contributed by atoms with Gasteiger partial charge in [-0.3, -0.25) is 8.98 Å². The minimum absolute atomic E-state index is 0. The molecule has 0 aromatic heterocycles. The van der Waals surface area contributed by atoms with Crippen LogP contribution in [0.3, 0.4) is 0 Å². The van der Waals surface area contributed by atoms with Crippen molar-refractivity contribution >= 4 is 16.3 Å². The molecular formula is C56H74NNaO17S. The summed E-state index contributed by atoms with van der Waals surface area (Å²) in [5.41, 5.74) is 1.97. The first-order chi connectivity index (χ1) is 36.4. The molecule has 0 spiro atoms. The Hall–Kier alpha value is -3.42. The van der Waals surface area contributed by atoms with Crippen LogP contribution in [0.1, 0.15) is 87.8 Å². The van der Waals surface area contributed by atoms with Crippen molar-refractivity contribution in [2.75, 3.05) is 46.8 Å². The molecule has 0 radical (unpaired) electrons. The van der Waals surface area contributed by atoms with Crippen LogP contribution in [0.25, 0.3) is 0 Å². The number of rotatable bonds is 29. The van der Waals surface area contributed by atoms with E-state index in [0.717, 1.165) is 48.8 Å². The standard InChI is InChI=1S/C56H75NO17S.Na/c1-5-6-7-8-9-19-30-64-54-47(57-40(3)59)50(49(46(31-58)73-54)68-35-56(38-71-75(60,61)62)36-69-53(70-37-56)44-26-28-45(63-4)29-27-44)74-55-52(67-34-43-24-17-12-18-25-43)51(66-33-42-22-15-11-16-23-42)48(39(2)72-55)65-32-41-20-13-10-14-21-41;/h10-18,20-29,39,46-55,58H,5-9,19,30-38H2,1-4H3,(H,57,59)(H,60,61,62);/q;+1/p-1/t39-,46+,47+,48+,49+,50+,51+,52-,53?,54-,55-,56?;/m0./s1. The number of amides is 1. The Morgan fingerprint density at radius 1 is 0.684 bits per heavy atom. The van der Waals surface area contributed by atoms with Gasteiger partial charge in [0.1, 0.15) is 48.4 Å². The first kappa shape index (κ1) is 61.8. The number of aliphatic hydroxyl groups excluding tert-OH is 1. The second-order valence-electron chi connectivity index (χ2n) is 19.4. The number of hydrogen-bond acceptors (Lipinski definition) is 17. The van der Waals surface area contributed by atoms with Gasteiger partial charge in [0.05, 0.1) is 71.5 Å². The zero-order valence-corrected chi connectivity index (χ0v) is 47.1. The van der Waals surface area contributed by atoms with Gasteiger partial charge in [0.25, 0.3) is 0 Å². The van der Waals surface area contributed by atoms with Crippen molar-refractivity contribution in [2.24, 2.45) is 5.41 Å². The van der Waals surface area contributed by atoms with Gasteiger partial charge in [-0.2, -0.15) is 0 Å². The SMILES string of the molecule is CCCCCCCCO[C@H]1O[C@H](CO)[C@@H](OCC2(COS(=O)(=O)[O-])COC(c3ccc(OC)cc3)OC2)[C@H](O[C@@H]2O[C@@H](C)[C@@H](OCc3ccccc3)[C@@H](OCc3ccccc3)[C@@H]2OCc2ccccc2)[C@H]1NC(C)=O.[Na+]. The molecule has 3 heterocycles. The number of benzene rings is 4. The van der Waals surface area contributed by atoms with Gasteiger partial charge >= 0.3 is 29.6 Å². The molecule has 3 fully saturated rings. The first-order valence-electron chi connectivity index (χ1n) is 25.9. The van der Waals surface area contributed by atoms with E-state index >= 15 is 0 Å². The first-order valence-corrected chi connectivity index (χ1v) is 27.2. The van der Waals surface area contributed by atoms with Crippen molar-refractivity contribution in [3.63, 3.8) is 0 Å². The number of nitrogens with one attached hydrogen (secondary N) is 1. The summed E-state index contributed by atoms with van der Waals surface area (Å²) in [6, 6.07) is 35.0. The molecule has 4 aromatic rings. The molecule has 3 aliphatic rings. The van der Waals surface area contributed by atoms with Crippen molar-refractivity contribution in [2.45, 2.75) is 147 Å². The quantitative estimate of drug-likeness (QED) is 0.0339. The number of ether oxygens (including phenoxy) is 11. The molecule has 0 bridgehead atoms. The smallest absolute Gasteiger partial charge is 0.726 e. The van der Waals surface area contributed by atoms with Crippen molar-refractivity contribution < 1.29 is 109 Å². The number of carbonyl (C=O) groups excluding carboxylic acids is 1. The molecule has 0 unspecified atom stereocenters. The van der Waals surface area contributed by atoms with Gasteiger partial charge in [-0.1, -0.05) is 142 Å². The maximum atomic E-state index is 13.3. The largest absolute Gasteiger partial charge is 1.00 e. The molecule has 4 aromatic carbocycles. The third kappa shape index (κ3) is 18.6. The predicted molar refractivity (Wildman–Crippen MR) is 272 cm³/mol. The van der Waals surface area contributed by atoms with E-state index in [1.807, 2.05) is 97.9 Å². The average molecular weight is 1090 g/mol. The Morgan fingerprint density at radius 2 is 1.24 bits per heavy atom. The second kappa shape index (κ2) is 31.4. The number of methoxy groups -OCH3 is 1. The van der Waals surface area contributed by atoms with Crippen LogP contribution in [0.4, 0.5) is 0 Å². The van der Waals surface area contributed by atoms with Crippen LogP contribution >= 0.6 is 0 Å². The Balaban J connectivity index is 0.00000937. The Bertz CT molecular complexity index is 2370. The fourth-order valence-corrected chi connectivity index (χ4v) is 9.78. The van der Waals surface area contributed by atoms with Crippen molar-refractivity contribution in [1.29, 1.82) is 0 Å². The Labute approximate surface area is 469 Å². The topological polar surface area (TPSA) is 217 Å². The number of carbonyl (C=O) groups is 1.